The molecule has 0 bridgehead atoms. The summed E-state index contributed by atoms with van der Waals surface area (Å²) in [5, 5.41) is 5.27. The quantitative estimate of drug-likeness (QED) is 0.913. The zero-order chi connectivity index (χ0) is 13.9. The third kappa shape index (κ3) is 2.86. The molecule has 3 rings (SSSR count). The summed E-state index contributed by atoms with van der Waals surface area (Å²) in [6.07, 6.45) is 1.79. The van der Waals surface area contributed by atoms with Crippen LogP contribution in [-0.4, -0.2) is 25.2 Å². The number of benzene rings is 2. The van der Waals surface area contributed by atoms with Crippen molar-refractivity contribution < 1.29 is 9.53 Å². The van der Waals surface area contributed by atoms with Gasteiger partial charge in [0.25, 0.3) is 5.91 Å². The highest BCUT2D eigenvalue weighted by Gasteiger charge is 2.17. The molecule has 0 spiro atoms. The fraction of sp³-hybridized carbons (Fsp3) is 0.312. The summed E-state index contributed by atoms with van der Waals surface area (Å²) in [7, 11) is 0. The Morgan fingerprint density at radius 2 is 2.00 bits per heavy atom. The molecule has 0 radical (unpaired) electrons. The zero-order valence-corrected chi connectivity index (χ0v) is 12.7. The van der Waals surface area contributed by atoms with Crippen LogP contribution in [0.25, 0.3) is 10.8 Å². The van der Waals surface area contributed by atoms with Crippen LogP contribution in [0.3, 0.4) is 0 Å². The predicted molar refractivity (Wildman–Crippen MR) is 83.0 cm³/mol. The molecule has 0 saturated carbocycles. The SMILES string of the molecule is O=C(NC1CCOCC1)c1ccc2c(Br)cccc2c1. The average Bonchev–Trinajstić information content (AvgIpc) is 2.48. The minimum atomic E-state index is -0.00113. The van der Waals surface area contributed by atoms with E-state index in [2.05, 4.69) is 21.2 Å². The number of rotatable bonds is 2. The van der Waals surface area contributed by atoms with E-state index in [1.807, 2.05) is 36.4 Å². The molecule has 0 aliphatic carbocycles. The second kappa shape index (κ2) is 5.94. The molecule has 3 nitrogen and oxygen atoms in total. The van der Waals surface area contributed by atoms with Crippen molar-refractivity contribution >= 4 is 32.6 Å². The van der Waals surface area contributed by atoms with Gasteiger partial charge in [0.15, 0.2) is 0 Å². The van der Waals surface area contributed by atoms with Gasteiger partial charge in [-0.1, -0.05) is 34.1 Å². The van der Waals surface area contributed by atoms with E-state index < -0.39 is 0 Å². The van der Waals surface area contributed by atoms with Crippen LogP contribution in [0.4, 0.5) is 0 Å². The number of carbonyl (C=O) groups excluding carboxylic acids is 1. The van der Waals surface area contributed by atoms with E-state index >= 15 is 0 Å². The van der Waals surface area contributed by atoms with Gasteiger partial charge in [-0.15, -0.1) is 0 Å². The van der Waals surface area contributed by atoms with E-state index in [0.29, 0.717) is 5.56 Å². The van der Waals surface area contributed by atoms with Crippen molar-refractivity contribution in [3.63, 3.8) is 0 Å². The van der Waals surface area contributed by atoms with E-state index in [0.717, 1.165) is 41.3 Å². The predicted octanol–water partition coefficient (Wildman–Crippen LogP) is 3.51. The summed E-state index contributed by atoms with van der Waals surface area (Å²) in [6, 6.07) is 12.0. The fourth-order valence-corrected chi connectivity index (χ4v) is 3.01. The Morgan fingerprint density at radius 1 is 1.20 bits per heavy atom. The van der Waals surface area contributed by atoms with Crippen LogP contribution in [0.1, 0.15) is 23.2 Å². The lowest BCUT2D eigenvalue weighted by Crippen LogP contribution is -2.38. The number of fused-ring (bicyclic) bond motifs is 1. The van der Waals surface area contributed by atoms with E-state index in [4.69, 9.17) is 4.74 Å². The number of ether oxygens (including phenoxy) is 1. The molecule has 1 aliphatic rings. The molecule has 1 heterocycles. The van der Waals surface area contributed by atoms with Gasteiger partial charge >= 0.3 is 0 Å². The third-order valence-corrected chi connectivity index (χ3v) is 4.34. The summed E-state index contributed by atoms with van der Waals surface area (Å²) >= 11 is 3.52. The molecule has 4 heteroatoms. The highest BCUT2D eigenvalue weighted by atomic mass is 79.9. The minimum absolute atomic E-state index is 0.00113. The standard InChI is InChI=1S/C16H16BrNO2/c17-15-3-1-2-11-10-12(4-5-14(11)15)16(19)18-13-6-8-20-9-7-13/h1-5,10,13H,6-9H2,(H,18,19). The summed E-state index contributed by atoms with van der Waals surface area (Å²) in [5.74, 6) is -0.00113. The Kier molecular flexibility index (Phi) is 4.03. The maximum atomic E-state index is 12.3. The molecule has 0 unspecified atom stereocenters. The minimum Gasteiger partial charge on any atom is -0.381 e. The van der Waals surface area contributed by atoms with E-state index in [1.54, 1.807) is 0 Å². The molecule has 1 aliphatic heterocycles. The summed E-state index contributed by atoms with van der Waals surface area (Å²) in [5.41, 5.74) is 0.710. The van der Waals surface area contributed by atoms with Crippen LogP contribution in [0, 0.1) is 0 Å². The monoisotopic (exact) mass is 333 g/mol. The van der Waals surface area contributed by atoms with Crippen molar-refractivity contribution in [2.24, 2.45) is 0 Å². The highest BCUT2D eigenvalue weighted by molar-refractivity contribution is 9.10. The smallest absolute Gasteiger partial charge is 0.251 e. The highest BCUT2D eigenvalue weighted by Crippen LogP contribution is 2.24. The van der Waals surface area contributed by atoms with Gasteiger partial charge in [0.1, 0.15) is 0 Å². The maximum Gasteiger partial charge on any atom is 0.251 e. The van der Waals surface area contributed by atoms with Crippen LogP contribution in [-0.2, 0) is 4.74 Å². The number of nitrogens with one attached hydrogen (secondary N) is 1. The van der Waals surface area contributed by atoms with Crippen LogP contribution < -0.4 is 5.32 Å². The van der Waals surface area contributed by atoms with Crippen LogP contribution >= 0.6 is 15.9 Å². The summed E-state index contributed by atoms with van der Waals surface area (Å²) < 4.78 is 6.35. The molecule has 0 atom stereocenters. The van der Waals surface area contributed by atoms with Crippen molar-refractivity contribution in [2.75, 3.05) is 13.2 Å². The first-order chi connectivity index (χ1) is 9.74. The van der Waals surface area contributed by atoms with E-state index in [-0.39, 0.29) is 11.9 Å². The molecule has 1 saturated heterocycles. The number of halogens is 1. The first-order valence-corrected chi connectivity index (χ1v) is 7.60. The lowest BCUT2D eigenvalue weighted by molar-refractivity contribution is 0.0696. The first kappa shape index (κ1) is 13.6. The maximum absolute atomic E-state index is 12.3. The molecule has 0 aromatic heterocycles. The van der Waals surface area contributed by atoms with Crippen molar-refractivity contribution in [3.8, 4) is 0 Å². The molecule has 1 N–H and O–H groups in total. The Morgan fingerprint density at radius 3 is 2.80 bits per heavy atom. The summed E-state index contributed by atoms with van der Waals surface area (Å²) in [6.45, 7) is 1.46. The first-order valence-electron chi connectivity index (χ1n) is 6.81. The van der Waals surface area contributed by atoms with Gasteiger partial charge in [-0.25, -0.2) is 0 Å². The molecule has 2 aromatic rings. The molecule has 20 heavy (non-hydrogen) atoms. The Bertz CT molecular complexity index is 635. The Hall–Kier alpha value is -1.39. The van der Waals surface area contributed by atoms with Crippen molar-refractivity contribution in [3.05, 3.63) is 46.4 Å². The third-order valence-electron chi connectivity index (χ3n) is 3.65. The fourth-order valence-electron chi connectivity index (χ4n) is 2.50. The largest absolute Gasteiger partial charge is 0.381 e. The van der Waals surface area contributed by atoms with Crippen molar-refractivity contribution in [1.29, 1.82) is 0 Å². The second-order valence-corrected chi connectivity index (χ2v) is 5.89. The average molecular weight is 334 g/mol. The topological polar surface area (TPSA) is 38.3 Å². The van der Waals surface area contributed by atoms with E-state index in [9.17, 15) is 4.79 Å². The van der Waals surface area contributed by atoms with Gasteiger partial charge in [-0.3, -0.25) is 4.79 Å². The van der Waals surface area contributed by atoms with Gasteiger partial charge in [-0.05, 0) is 41.8 Å². The van der Waals surface area contributed by atoms with E-state index in [1.165, 1.54) is 0 Å². The van der Waals surface area contributed by atoms with Crippen LogP contribution in [0.2, 0.25) is 0 Å². The van der Waals surface area contributed by atoms with Gasteiger partial charge < -0.3 is 10.1 Å². The van der Waals surface area contributed by atoms with Gasteiger partial charge in [0, 0.05) is 29.3 Å². The molecule has 2 aromatic carbocycles. The zero-order valence-electron chi connectivity index (χ0n) is 11.1. The van der Waals surface area contributed by atoms with Crippen molar-refractivity contribution in [2.45, 2.75) is 18.9 Å². The molecule has 1 fully saturated rings. The lowest BCUT2D eigenvalue weighted by Gasteiger charge is -2.23. The molecular weight excluding hydrogens is 318 g/mol. The Labute approximate surface area is 126 Å². The van der Waals surface area contributed by atoms with Crippen LogP contribution in [0.15, 0.2) is 40.9 Å². The number of hydrogen-bond acceptors (Lipinski definition) is 2. The van der Waals surface area contributed by atoms with Crippen LogP contribution in [0.5, 0.6) is 0 Å². The molecular formula is C16H16BrNO2. The number of hydrogen-bond donors (Lipinski definition) is 1. The second-order valence-electron chi connectivity index (χ2n) is 5.04. The normalized spacial score (nSPS) is 16.2. The van der Waals surface area contributed by atoms with Gasteiger partial charge in [0.05, 0.1) is 0 Å². The van der Waals surface area contributed by atoms with Gasteiger partial charge in [-0.2, -0.15) is 0 Å². The summed E-state index contributed by atoms with van der Waals surface area (Å²) in [4.78, 5) is 12.3. The lowest BCUT2D eigenvalue weighted by atomic mass is 10.1. The van der Waals surface area contributed by atoms with Gasteiger partial charge in [0.2, 0.25) is 0 Å². The molecule has 104 valence electrons. The van der Waals surface area contributed by atoms with Crippen molar-refractivity contribution in [1.82, 2.24) is 5.32 Å². The number of amides is 1. The molecule has 1 amide bonds. The Balaban J connectivity index is 1.80. The number of carbonyl (C=O) groups is 1.